The van der Waals surface area contributed by atoms with Gasteiger partial charge in [-0.2, -0.15) is 0 Å². The molecule has 1 unspecified atom stereocenters. The number of amides is 1. The summed E-state index contributed by atoms with van der Waals surface area (Å²) in [6.07, 6.45) is 52.9. The number of carbonyl (C=O) groups is 3. The van der Waals surface area contributed by atoms with Gasteiger partial charge in [0.2, 0.25) is 5.91 Å². The molecule has 0 aliphatic rings. The summed E-state index contributed by atoms with van der Waals surface area (Å²) < 4.78 is 5.92. The Labute approximate surface area is 327 Å². The van der Waals surface area contributed by atoms with Gasteiger partial charge in [-0.15, -0.1) is 0 Å². The fourth-order valence-electron chi connectivity index (χ4n) is 6.63. The molecule has 1 amide bonds. The van der Waals surface area contributed by atoms with Crippen molar-refractivity contribution in [3.8, 4) is 0 Å². The summed E-state index contributed by atoms with van der Waals surface area (Å²) in [6, 6.07) is 0. The lowest BCUT2D eigenvalue weighted by Gasteiger charge is -2.15. The van der Waals surface area contributed by atoms with Gasteiger partial charge >= 0.3 is 11.9 Å². The van der Waals surface area contributed by atoms with E-state index in [1.54, 1.807) is 0 Å². The lowest BCUT2D eigenvalue weighted by molar-refractivity contribution is -0.147. The van der Waals surface area contributed by atoms with Crippen LogP contribution in [-0.2, 0) is 19.1 Å². The summed E-state index contributed by atoms with van der Waals surface area (Å²) in [4.78, 5) is 35.0. The molecule has 0 bridgehead atoms. The van der Waals surface area contributed by atoms with Crippen LogP contribution in [0.4, 0.5) is 0 Å². The smallest absolute Gasteiger partial charge is 0.322 e. The van der Waals surface area contributed by atoms with Gasteiger partial charge in [-0.1, -0.05) is 179 Å². The van der Waals surface area contributed by atoms with Crippen molar-refractivity contribution >= 4 is 17.8 Å². The van der Waals surface area contributed by atoms with Crippen LogP contribution in [0.3, 0.4) is 0 Å². The van der Waals surface area contributed by atoms with Crippen LogP contribution in [0, 0.1) is 0 Å². The van der Waals surface area contributed by atoms with Crippen LogP contribution >= 0.6 is 0 Å². The van der Waals surface area contributed by atoms with E-state index >= 15 is 0 Å². The first-order valence-electron chi connectivity index (χ1n) is 22.6. The predicted molar refractivity (Wildman–Crippen MR) is 226 cm³/mol. The Morgan fingerprint density at radius 2 is 0.925 bits per heavy atom. The Morgan fingerprint density at radius 1 is 0.509 bits per heavy atom. The van der Waals surface area contributed by atoms with E-state index in [4.69, 9.17) is 9.84 Å². The highest BCUT2D eigenvalue weighted by molar-refractivity contribution is 5.80. The van der Waals surface area contributed by atoms with Crippen LogP contribution in [0.1, 0.15) is 232 Å². The van der Waals surface area contributed by atoms with Crippen molar-refractivity contribution in [1.29, 1.82) is 0 Å². The summed E-state index contributed by atoms with van der Waals surface area (Å²) in [7, 11) is 0. The van der Waals surface area contributed by atoms with Crippen molar-refractivity contribution in [2.75, 3.05) is 6.54 Å². The normalized spacial score (nSPS) is 12.3. The number of ether oxygens (including phenoxy) is 1. The van der Waals surface area contributed by atoms with Gasteiger partial charge in [0.25, 0.3) is 0 Å². The third kappa shape index (κ3) is 42.2. The van der Waals surface area contributed by atoms with Crippen LogP contribution in [0.25, 0.3) is 0 Å². The first kappa shape index (κ1) is 50.6. The molecule has 308 valence electrons. The van der Waals surface area contributed by atoms with Gasteiger partial charge in [0.05, 0.1) is 0 Å². The standard InChI is InChI=1S/C47H85NO5/c1-3-5-7-9-11-13-14-15-16-17-18-19-20-21-22-23-24-25-26-28-30-32-38-42-47(52)53-44(39-35-31-29-27-12-10-8-6-4-2)40-36-33-34-37-41-45(49)48-43-46(50)51/h14-15,17-18,35,39,44H,3-13,16,19-34,36-38,40-43H2,1-2H3,(H,48,49)(H,50,51)/b15-14-,18-17-,39-35-. The fourth-order valence-corrected chi connectivity index (χ4v) is 6.63. The topological polar surface area (TPSA) is 92.7 Å². The highest BCUT2D eigenvalue weighted by Gasteiger charge is 2.12. The number of esters is 1. The van der Waals surface area contributed by atoms with Crippen molar-refractivity contribution in [3.05, 3.63) is 36.5 Å². The Kier molecular flexibility index (Phi) is 40.5. The molecule has 0 saturated carbocycles. The number of allylic oxidation sites excluding steroid dienone is 5. The van der Waals surface area contributed by atoms with Crippen molar-refractivity contribution in [1.82, 2.24) is 5.32 Å². The average molecular weight is 744 g/mol. The summed E-state index contributed by atoms with van der Waals surface area (Å²) >= 11 is 0. The van der Waals surface area contributed by atoms with Crippen molar-refractivity contribution in [2.45, 2.75) is 238 Å². The van der Waals surface area contributed by atoms with E-state index in [2.05, 4.69) is 55.6 Å². The number of carboxylic acids is 1. The zero-order valence-corrected chi connectivity index (χ0v) is 34.9. The molecule has 0 spiro atoms. The van der Waals surface area contributed by atoms with Crippen LogP contribution in [0.5, 0.6) is 0 Å². The lowest BCUT2D eigenvalue weighted by Crippen LogP contribution is -2.28. The zero-order chi connectivity index (χ0) is 38.7. The first-order chi connectivity index (χ1) is 26.0. The third-order valence-electron chi connectivity index (χ3n) is 10.0. The minimum Gasteiger partial charge on any atom is -0.480 e. The second-order valence-electron chi connectivity index (χ2n) is 15.3. The monoisotopic (exact) mass is 744 g/mol. The summed E-state index contributed by atoms with van der Waals surface area (Å²) in [5.41, 5.74) is 0. The minimum absolute atomic E-state index is 0.0819. The molecule has 0 radical (unpaired) electrons. The van der Waals surface area contributed by atoms with Crippen molar-refractivity contribution in [3.63, 3.8) is 0 Å². The Hall–Kier alpha value is -2.37. The van der Waals surface area contributed by atoms with E-state index in [-0.39, 0.29) is 24.5 Å². The summed E-state index contributed by atoms with van der Waals surface area (Å²) in [6.45, 7) is 4.19. The number of nitrogens with one attached hydrogen (secondary N) is 1. The molecule has 6 nitrogen and oxygen atoms in total. The first-order valence-corrected chi connectivity index (χ1v) is 22.6. The average Bonchev–Trinajstić information content (AvgIpc) is 3.14. The number of carbonyl (C=O) groups excluding carboxylic acids is 2. The van der Waals surface area contributed by atoms with Gasteiger partial charge in [-0.25, -0.2) is 0 Å². The molecule has 0 aromatic rings. The number of carboxylic acid groups (broad SMARTS) is 1. The van der Waals surface area contributed by atoms with Gasteiger partial charge in [-0.05, 0) is 76.7 Å². The molecule has 2 N–H and O–H groups in total. The highest BCUT2D eigenvalue weighted by Crippen LogP contribution is 2.16. The molecule has 53 heavy (non-hydrogen) atoms. The molecule has 0 rings (SSSR count). The molecule has 6 heteroatoms. The number of hydrogen-bond donors (Lipinski definition) is 2. The number of rotatable bonds is 41. The number of aliphatic carboxylic acids is 1. The Bertz CT molecular complexity index is 911. The van der Waals surface area contributed by atoms with Crippen molar-refractivity contribution < 1.29 is 24.2 Å². The molecule has 0 aliphatic heterocycles. The van der Waals surface area contributed by atoms with Crippen LogP contribution < -0.4 is 5.32 Å². The molecule has 0 aromatic carbocycles. The predicted octanol–water partition coefficient (Wildman–Crippen LogP) is 14.1. The molecule has 1 atom stereocenters. The van der Waals surface area contributed by atoms with Gasteiger partial charge < -0.3 is 15.2 Å². The third-order valence-corrected chi connectivity index (χ3v) is 10.0. The minimum atomic E-state index is -1.03. The van der Waals surface area contributed by atoms with E-state index < -0.39 is 5.97 Å². The lowest BCUT2D eigenvalue weighted by atomic mass is 10.0. The molecular formula is C47H85NO5. The molecule has 0 aromatic heterocycles. The molecule has 0 saturated heterocycles. The van der Waals surface area contributed by atoms with Crippen LogP contribution in [-0.4, -0.2) is 35.6 Å². The van der Waals surface area contributed by atoms with Gasteiger partial charge in [0.15, 0.2) is 0 Å². The van der Waals surface area contributed by atoms with Crippen molar-refractivity contribution in [2.24, 2.45) is 0 Å². The maximum absolute atomic E-state index is 12.7. The van der Waals surface area contributed by atoms with Gasteiger partial charge in [0.1, 0.15) is 12.6 Å². The van der Waals surface area contributed by atoms with Gasteiger partial charge in [0, 0.05) is 12.8 Å². The Morgan fingerprint density at radius 3 is 1.42 bits per heavy atom. The number of unbranched alkanes of at least 4 members (excludes halogenated alkanes) is 26. The highest BCUT2D eigenvalue weighted by atomic mass is 16.5. The molecular weight excluding hydrogens is 659 g/mol. The molecule has 0 fully saturated rings. The summed E-state index contributed by atoms with van der Waals surface area (Å²) in [5.74, 6) is -1.32. The fraction of sp³-hybridized carbons (Fsp3) is 0.809. The zero-order valence-electron chi connectivity index (χ0n) is 34.9. The largest absolute Gasteiger partial charge is 0.480 e. The van der Waals surface area contributed by atoms with Crippen LogP contribution in [0.15, 0.2) is 36.5 Å². The molecule has 0 aliphatic carbocycles. The maximum Gasteiger partial charge on any atom is 0.322 e. The Balaban J connectivity index is 3.99. The van der Waals surface area contributed by atoms with E-state index in [0.29, 0.717) is 12.8 Å². The maximum atomic E-state index is 12.7. The molecule has 0 heterocycles. The van der Waals surface area contributed by atoms with Gasteiger partial charge in [-0.3, -0.25) is 14.4 Å². The van der Waals surface area contributed by atoms with E-state index in [0.717, 1.165) is 57.8 Å². The second-order valence-corrected chi connectivity index (χ2v) is 15.3. The number of hydrogen-bond acceptors (Lipinski definition) is 4. The quantitative estimate of drug-likeness (QED) is 0.0369. The summed E-state index contributed by atoms with van der Waals surface area (Å²) in [5, 5.41) is 11.1. The second kappa shape index (κ2) is 42.4. The van der Waals surface area contributed by atoms with Crippen LogP contribution in [0.2, 0.25) is 0 Å². The van der Waals surface area contributed by atoms with E-state index in [1.165, 1.54) is 148 Å². The van der Waals surface area contributed by atoms with E-state index in [1.807, 2.05) is 0 Å². The SMILES string of the molecule is CCCCCCC/C=C\C/C=C\CCCCCCCCCCCCCC(=O)OC(/C=C\CCCCCCCCC)CCCCCCC(=O)NCC(=O)O. The van der Waals surface area contributed by atoms with E-state index in [9.17, 15) is 14.4 Å².